The van der Waals surface area contributed by atoms with Gasteiger partial charge in [0.2, 0.25) is 0 Å². The van der Waals surface area contributed by atoms with Crippen molar-refractivity contribution in [2.24, 2.45) is 5.92 Å². The van der Waals surface area contributed by atoms with Crippen LogP contribution in [0.5, 0.6) is 0 Å². The minimum Gasteiger partial charge on any atom is -0.0990 e. The second kappa shape index (κ2) is 16.4. The van der Waals surface area contributed by atoms with E-state index in [1.165, 1.54) is 93.7 Å². The predicted molar refractivity (Wildman–Crippen MR) is 129 cm³/mol. The average molecular weight is 381 g/mol. The zero-order chi connectivity index (χ0) is 20.5. The van der Waals surface area contributed by atoms with Gasteiger partial charge in [0.25, 0.3) is 0 Å². The molecule has 2 fully saturated rings. The summed E-state index contributed by atoms with van der Waals surface area (Å²) in [4.78, 5) is 0. The van der Waals surface area contributed by atoms with Gasteiger partial charge in [-0.15, -0.1) is 0 Å². The third kappa shape index (κ3) is 10.7. The number of aryl methyl sites for hydroxylation is 1. The molecule has 0 spiro atoms. The van der Waals surface area contributed by atoms with Crippen LogP contribution < -0.4 is 0 Å². The maximum absolute atomic E-state index is 3.83. The molecule has 3 rings (SSSR count). The van der Waals surface area contributed by atoms with Crippen molar-refractivity contribution in [2.45, 2.75) is 97.8 Å². The molecule has 0 aliphatic heterocycles. The van der Waals surface area contributed by atoms with Crippen LogP contribution in [-0.4, -0.2) is 0 Å². The molecule has 0 atom stereocenters. The van der Waals surface area contributed by atoms with Gasteiger partial charge in [-0.2, -0.15) is 0 Å². The molecule has 0 amide bonds. The van der Waals surface area contributed by atoms with Crippen molar-refractivity contribution in [1.29, 1.82) is 0 Å². The maximum Gasteiger partial charge on any atom is -0.0184 e. The number of benzene rings is 1. The highest BCUT2D eigenvalue weighted by Gasteiger charge is 2.11. The number of hydrogen-bond acceptors (Lipinski definition) is 0. The van der Waals surface area contributed by atoms with Gasteiger partial charge in [-0.25, -0.2) is 0 Å². The standard InChI is InChI=1S/C20H26.C6H12.C2H6/c1-3-8-19(20-15-13-17(2)14-16-20)12-7-11-18-9-5-4-6-10-18;1-2-4-6-5-3-1;1-2/h3,7-8,12-16,18H,1,4-6,9-11H2,2H3;1-6H2;1-2H3/b12-7-,19-8+;;. The van der Waals surface area contributed by atoms with E-state index >= 15 is 0 Å². The van der Waals surface area contributed by atoms with Crippen LogP contribution in [0.3, 0.4) is 0 Å². The van der Waals surface area contributed by atoms with E-state index in [-0.39, 0.29) is 0 Å². The summed E-state index contributed by atoms with van der Waals surface area (Å²) >= 11 is 0. The molecular formula is C28H44. The molecule has 28 heavy (non-hydrogen) atoms. The van der Waals surface area contributed by atoms with Crippen LogP contribution in [0.4, 0.5) is 0 Å². The van der Waals surface area contributed by atoms with Crippen LogP contribution in [0.1, 0.15) is 102 Å². The first-order chi connectivity index (χ1) is 13.8. The van der Waals surface area contributed by atoms with Gasteiger partial charge in [0.15, 0.2) is 0 Å². The molecular weight excluding hydrogens is 336 g/mol. The molecule has 0 nitrogen and oxygen atoms in total. The lowest BCUT2D eigenvalue weighted by atomic mass is 9.87. The van der Waals surface area contributed by atoms with Crippen molar-refractivity contribution in [3.8, 4) is 0 Å². The lowest BCUT2D eigenvalue weighted by molar-refractivity contribution is 0.361. The summed E-state index contributed by atoms with van der Waals surface area (Å²) in [6.07, 6.45) is 25.9. The highest BCUT2D eigenvalue weighted by Crippen LogP contribution is 2.27. The normalized spacial score (nSPS) is 17.9. The van der Waals surface area contributed by atoms with E-state index in [2.05, 4.69) is 56.0 Å². The van der Waals surface area contributed by atoms with Gasteiger partial charge in [-0.05, 0) is 30.4 Å². The number of allylic oxidation sites excluding steroid dienone is 5. The summed E-state index contributed by atoms with van der Waals surface area (Å²) in [5.41, 5.74) is 3.84. The highest BCUT2D eigenvalue weighted by molar-refractivity contribution is 5.75. The summed E-state index contributed by atoms with van der Waals surface area (Å²) in [5.74, 6) is 0.906. The van der Waals surface area contributed by atoms with Gasteiger partial charge in [0, 0.05) is 0 Å². The highest BCUT2D eigenvalue weighted by atomic mass is 14.2. The zero-order valence-electron chi connectivity index (χ0n) is 18.9. The van der Waals surface area contributed by atoms with Crippen molar-refractivity contribution < 1.29 is 0 Å². The van der Waals surface area contributed by atoms with Crippen LogP contribution in [0, 0.1) is 12.8 Å². The lowest BCUT2D eigenvalue weighted by Gasteiger charge is -2.19. The Labute approximate surface area is 175 Å². The largest absolute Gasteiger partial charge is 0.0990 e. The van der Waals surface area contributed by atoms with Crippen molar-refractivity contribution in [2.75, 3.05) is 0 Å². The molecule has 1 aromatic carbocycles. The Morgan fingerprint density at radius 1 is 0.857 bits per heavy atom. The molecule has 1 aromatic rings. The van der Waals surface area contributed by atoms with Gasteiger partial charge in [-0.3, -0.25) is 0 Å². The Morgan fingerprint density at radius 2 is 1.36 bits per heavy atom. The summed E-state index contributed by atoms with van der Waals surface area (Å²) < 4.78 is 0. The quantitative estimate of drug-likeness (QED) is 0.446. The average Bonchev–Trinajstić information content (AvgIpc) is 2.78. The smallest absolute Gasteiger partial charge is 0.0184 e. The molecule has 0 N–H and O–H groups in total. The lowest BCUT2D eigenvalue weighted by Crippen LogP contribution is -2.04. The molecule has 0 heteroatoms. The molecule has 0 bridgehead atoms. The predicted octanol–water partition coefficient (Wildman–Crippen LogP) is 9.46. The van der Waals surface area contributed by atoms with Crippen molar-refractivity contribution in [3.63, 3.8) is 0 Å². The molecule has 0 aromatic heterocycles. The van der Waals surface area contributed by atoms with Crippen molar-refractivity contribution >= 4 is 5.57 Å². The number of hydrogen-bond donors (Lipinski definition) is 0. The number of rotatable bonds is 5. The Morgan fingerprint density at radius 3 is 1.86 bits per heavy atom. The zero-order valence-corrected chi connectivity index (χ0v) is 18.9. The first-order valence-corrected chi connectivity index (χ1v) is 11.9. The first kappa shape index (κ1) is 24.5. The molecule has 0 unspecified atom stereocenters. The molecule has 0 heterocycles. The Hall–Kier alpha value is -1.56. The second-order valence-corrected chi connectivity index (χ2v) is 7.99. The molecule has 2 aliphatic carbocycles. The Balaban J connectivity index is 0.000000411. The topological polar surface area (TPSA) is 0 Å². The van der Waals surface area contributed by atoms with Gasteiger partial charge >= 0.3 is 0 Å². The molecule has 0 saturated heterocycles. The molecule has 2 aliphatic rings. The minimum absolute atomic E-state index is 0.906. The van der Waals surface area contributed by atoms with Gasteiger partial charge < -0.3 is 0 Å². The van der Waals surface area contributed by atoms with Crippen molar-refractivity contribution in [3.05, 3.63) is 66.3 Å². The SMILES string of the molecule is C1CCCCC1.C=C/C=C(\C=C/CC1CCCCC1)c1ccc(C)cc1.CC. The third-order valence-electron chi connectivity index (χ3n) is 5.67. The van der Waals surface area contributed by atoms with E-state index in [0.717, 1.165) is 5.92 Å². The van der Waals surface area contributed by atoms with E-state index in [1.54, 1.807) is 0 Å². The van der Waals surface area contributed by atoms with Crippen molar-refractivity contribution in [1.82, 2.24) is 0 Å². The van der Waals surface area contributed by atoms with Crippen LogP contribution in [-0.2, 0) is 0 Å². The summed E-state index contributed by atoms with van der Waals surface area (Å²) in [6.45, 7) is 9.96. The van der Waals surface area contributed by atoms with Crippen LogP contribution in [0.2, 0.25) is 0 Å². The maximum atomic E-state index is 3.83. The Bertz CT molecular complexity index is 537. The van der Waals surface area contributed by atoms with Gasteiger partial charge in [-0.1, -0.05) is 145 Å². The van der Waals surface area contributed by atoms with E-state index in [4.69, 9.17) is 0 Å². The first-order valence-electron chi connectivity index (χ1n) is 11.9. The van der Waals surface area contributed by atoms with E-state index in [0.29, 0.717) is 0 Å². The summed E-state index contributed by atoms with van der Waals surface area (Å²) in [5, 5.41) is 0. The van der Waals surface area contributed by atoms with Gasteiger partial charge in [0.1, 0.15) is 0 Å². The van der Waals surface area contributed by atoms with E-state index in [1.807, 2.05) is 19.9 Å². The Kier molecular flexibility index (Phi) is 14.3. The van der Waals surface area contributed by atoms with Crippen LogP contribution in [0.15, 0.2) is 55.1 Å². The van der Waals surface area contributed by atoms with E-state index in [9.17, 15) is 0 Å². The van der Waals surface area contributed by atoms with Crippen LogP contribution >= 0.6 is 0 Å². The molecule has 0 radical (unpaired) electrons. The minimum atomic E-state index is 0.906. The fourth-order valence-electron chi connectivity index (χ4n) is 3.99. The fourth-order valence-corrected chi connectivity index (χ4v) is 3.99. The van der Waals surface area contributed by atoms with Crippen LogP contribution in [0.25, 0.3) is 5.57 Å². The molecule has 2 saturated carbocycles. The van der Waals surface area contributed by atoms with Gasteiger partial charge in [0.05, 0.1) is 0 Å². The summed E-state index contributed by atoms with van der Waals surface area (Å²) in [7, 11) is 0. The second-order valence-electron chi connectivity index (χ2n) is 7.99. The third-order valence-corrected chi connectivity index (χ3v) is 5.67. The van der Waals surface area contributed by atoms with E-state index < -0.39 is 0 Å². The fraction of sp³-hybridized carbons (Fsp3) is 0.571. The molecule has 156 valence electrons. The monoisotopic (exact) mass is 380 g/mol. The summed E-state index contributed by atoms with van der Waals surface area (Å²) in [6, 6.07) is 8.72.